The van der Waals surface area contributed by atoms with Crippen LogP contribution in [-0.4, -0.2) is 28.1 Å². The van der Waals surface area contributed by atoms with Crippen LogP contribution in [0.25, 0.3) is 0 Å². The van der Waals surface area contributed by atoms with E-state index in [-0.39, 0.29) is 17.8 Å². The Morgan fingerprint density at radius 2 is 1.73 bits per heavy atom. The fourth-order valence-corrected chi connectivity index (χ4v) is 8.48. The van der Waals surface area contributed by atoms with Crippen LogP contribution in [0.4, 0.5) is 13.2 Å². The number of aliphatic hydroxyl groups is 2. The first-order chi connectivity index (χ1) is 15.2. The van der Waals surface area contributed by atoms with Crippen molar-refractivity contribution in [1.82, 2.24) is 0 Å². The zero-order valence-electron chi connectivity index (χ0n) is 21.7. The quantitative estimate of drug-likeness (QED) is 0.375. The van der Waals surface area contributed by atoms with E-state index in [0.717, 1.165) is 44.9 Å². The molecule has 5 heteroatoms. The summed E-state index contributed by atoms with van der Waals surface area (Å²) in [5.41, 5.74) is 0.00462. The van der Waals surface area contributed by atoms with E-state index in [0.29, 0.717) is 35.5 Å². The molecule has 3 fully saturated rings. The number of hydrogen-bond donors (Lipinski definition) is 2. The van der Waals surface area contributed by atoms with Crippen LogP contribution in [0, 0.1) is 40.4 Å². The molecule has 0 aromatic rings. The van der Waals surface area contributed by atoms with Crippen LogP contribution in [0.15, 0.2) is 0 Å². The second-order valence-electron chi connectivity index (χ2n) is 12.9. The molecule has 2 nitrogen and oxygen atoms in total. The van der Waals surface area contributed by atoms with Crippen molar-refractivity contribution >= 4 is 0 Å². The van der Waals surface area contributed by atoms with E-state index in [9.17, 15) is 23.4 Å². The standard InChI is InChI=1S/C28H49F3O2/c1-6-27(33)17-16-26(5)21(18-27)11-9-20(3)23(26)13-15-25(4)14-7-8-22(25)19(2)10-12-24(32)28(29,30)31/h19-24,32-33H,6-18H2,1-5H3/t19-,20-,21+,22-,23+,24?,25?,26+,27+/m1/s1. The molecule has 3 saturated carbocycles. The molecule has 33 heavy (non-hydrogen) atoms. The van der Waals surface area contributed by atoms with E-state index >= 15 is 0 Å². The Morgan fingerprint density at radius 1 is 1.03 bits per heavy atom. The number of aliphatic hydroxyl groups excluding tert-OH is 1. The Hall–Kier alpha value is -0.290. The van der Waals surface area contributed by atoms with Crippen LogP contribution in [0.5, 0.6) is 0 Å². The number of alkyl halides is 3. The lowest BCUT2D eigenvalue weighted by Gasteiger charge is -2.57. The van der Waals surface area contributed by atoms with E-state index < -0.39 is 17.9 Å². The lowest BCUT2D eigenvalue weighted by atomic mass is 9.49. The summed E-state index contributed by atoms with van der Waals surface area (Å²) in [4.78, 5) is 0. The molecule has 2 unspecified atom stereocenters. The van der Waals surface area contributed by atoms with Gasteiger partial charge in [0.25, 0.3) is 0 Å². The molecule has 2 N–H and O–H groups in total. The fraction of sp³-hybridized carbons (Fsp3) is 1.00. The number of hydrogen-bond acceptors (Lipinski definition) is 2. The maximum absolute atomic E-state index is 12.8. The third-order valence-corrected chi connectivity index (χ3v) is 11.0. The van der Waals surface area contributed by atoms with Crippen molar-refractivity contribution < 1.29 is 23.4 Å². The van der Waals surface area contributed by atoms with Crippen LogP contribution < -0.4 is 0 Å². The van der Waals surface area contributed by atoms with Gasteiger partial charge in [-0.15, -0.1) is 0 Å². The summed E-state index contributed by atoms with van der Waals surface area (Å²) in [5.74, 6) is 2.61. The van der Waals surface area contributed by atoms with E-state index in [1.807, 2.05) is 0 Å². The highest BCUT2D eigenvalue weighted by Crippen LogP contribution is 2.60. The first kappa shape index (κ1) is 27.3. The van der Waals surface area contributed by atoms with Gasteiger partial charge < -0.3 is 10.2 Å². The molecule has 0 spiro atoms. The first-order valence-corrected chi connectivity index (χ1v) is 13.7. The predicted molar refractivity (Wildman–Crippen MR) is 128 cm³/mol. The van der Waals surface area contributed by atoms with E-state index in [4.69, 9.17) is 0 Å². The van der Waals surface area contributed by atoms with Gasteiger partial charge in [0, 0.05) is 0 Å². The van der Waals surface area contributed by atoms with E-state index in [1.165, 1.54) is 25.7 Å². The normalized spacial score (nSPS) is 43.8. The molecule has 0 radical (unpaired) electrons. The highest BCUT2D eigenvalue weighted by Gasteiger charge is 2.53. The van der Waals surface area contributed by atoms with Gasteiger partial charge in [0.05, 0.1) is 5.60 Å². The van der Waals surface area contributed by atoms with E-state index in [2.05, 4.69) is 34.6 Å². The highest BCUT2D eigenvalue weighted by molar-refractivity contribution is 5.03. The van der Waals surface area contributed by atoms with Gasteiger partial charge in [-0.05, 0) is 111 Å². The fourth-order valence-electron chi connectivity index (χ4n) is 8.48. The average Bonchev–Trinajstić information content (AvgIpc) is 3.13. The number of fused-ring (bicyclic) bond motifs is 1. The third-order valence-electron chi connectivity index (χ3n) is 11.0. The van der Waals surface area contributed by atoms with Crippen LogP contribution in [0.3, 0.4) is 0 Å². The molecule has 9 atom stereocenters. The van der Waals surface area contributed by atoms with Gasteiger partial charge in [0.1, 0.15) is 6.10 Å². The van der Waals surface area contributed by atoms with Gasteiger partial charge in [-0.3, -0.25) is 0 Å². The minimum atomic E-state index is -4.51. The summed E-state index contributed by atoms with van der Waals surface area (Å²) < 4.78 is 38.3. The van der Waals surface area contributed by atoms with Crippen molar-refractivity contribution in [3.8, 4) is 0 Å². The second-order valence-corrected chi connectivity index (χ2v) is 12.9. The summed E-state index contributed by atoms with van der Waals surface area (Å²) in [6.07, 6.45) is 5.64. The molecule has 0 aromatic carbocycles. The summed E-state index contributed by atoms with van der Waals surface area (Å²) >= 11 is 0. The Bertz CT molecular complexity index is 652. The van der Waals surface area contributed by atoms with Gasteiger partial charge in [0.2, 0.25) is 0 Å². The Balaban J connectivity index is 1.64. The van der Waals surface area contributed by atoms with Gasteiger partial charge >= 0.3 is 6.18 Å². The predicted octanol–water partition coefficient (Wildman–Crippen LogP) is 7.91. The maximum Gasteiger partial charge on any atom is 0.414 e. The molecule has 0 heterocycles. The minimum Gasteiger partial charge on any atom is -0.390 e. The zero-order chi connectivity index (χ0) is 24.7. The topological polar surface area (TPSA) is 40.5 Å². The Labute approximate surface area is 200 Å². The van der Waals surface area contributed by atoms with Crippen molar-refractivity contribution in [2.45, 2.75) is 136 Å². The molecule has 3 rings (SSSR count). The monoisotopic (exact) mass is 474 g/mol. The van der Waals surface area contributed by atoms with Crippen LogP contribution in [0.1, 0.15) is 118 Å². The second kappa shape index (κ2) is 9.99. The van der Waals surface area contributed by atoms with Crippen molar-refractivity contribution in [2.75, 3.05) is 0 Å². The Kier molecular flexibility index (Phi) is 8.27. The number of rotatable bonds is 8. The molecule has 0 bridgehead atoms. The maximum atomic E-state index is 12.8. The van der Waals surface area contributed by atoms with Gasteiger partial charge in [-0.25, -0.2) is 0 Å². The molecular weight excluding hydrogens is 425 g/mol. The van der Waals surface area contributed by atoms with Crippen LogP contribution in [-0.2, 0) is 0 Å². The number of halogens is 3. The molecule has 0 amide bonds. The molecule has 0 aliphatic heterocycles. The molecule has 0 aromatic heterocycles. The van der Waals surface area contributed by atoms with Crippen molar-refractivity contribution in [3.05, 3.63) is 0 Å². The van der Waals surface area contributed by atoms with Crippen molar-refractivity contribution in [1.29, 1.82) is 0 Å². The SMILES string of the molecule is CC[C@]1(O)CC[C@@]2(C)[C@@H](CC[C@@H](C)[C@@H]2CCC2(C)CCC[C@@H]2[C@H](C)CCC(O)C(F)(F)F)C1. The molecule has 194 valence electrons. The molecular formula is C28H49F3O2. The van der Waals surface area contributed by atoms with Gasteiger partial charge in [-0.2, -0.15) is 13.2 Å². The first-order valence-electron chi connectivity index (χ1n) is 13.7. The molecule has 0 saturated heterocycles. The minimum absolute atomic E-state index is 0.184. The van der Waals surface area contributed by atoms with Gasteiger partial charge in [-0.1, -0.05) is 47.5 Å². The smallest absolute Gasteiger partial charge is 0.390 e. The van der Waals surface area contributed by atoms with Gasteiger partial charge in [0.15, 0.2) is 0 Å². The highest BCUT2D eigenvalue weighted by atomic mass is 19.4. The van der Waals surface area contributed by atoms with Crippen molar-refractivity contribution in [2.24, 2.45) is 40.4 Å². The lowest BCUT2D eigenvalue weighted by Crippen LogP contribution is -2.51. The van der Waals surface area contributed by atoms with Crippen LogP contribution >= 0.6 is 0 Å². The largest absolute Gasteiger partial charge is 0.414 e. The Morgan fingerprint density at radius 3 is 2.36 bits per heavy atom. The summed E-state index contributed by atoms with van der Waals surface area (Å²) in [7, 11) is 0. The molecule has 3 aliphatic rings. The van der Waals surface area contributed by atoms with Crippen LogP contribution in [0.2, 0.25) is 0 Å². The molecule has 3 aliphatic carbocycles. The summed E-state index contributed by atoms with van der Waals surface area (Å²) in [6.45, 7) is 11.5. The lowest BCUT2D eigenvalue weighted by molar-refractivity contribution is -0.206. The van der Waals surface area contributed by atoms with E-state index in [1.54, 1.807) is 0 Å². The summed E-state index contributed by atoms with van der Waals surface area (Å²) in [6, 6.07) is 0. The third kappa shape index (κ3) is 5.76. The average molecular weight is 475 g/mol. The summed E-state index contributed by atoms with van der Waals surface area (Å²) in [5, 5.41) is 20.4. The zero-order valence-corrected chi connectivity index (χ0v) is 21.7. The van der Waals surface area contributed by atoms with Crippen molar-refractivity contribution in [3.63, 3.8) is 0 Å².